The molecule has 0 unspecified atom stereocenters. The first-order valence-corrected chi connectivity index (χ1v) is 3.54. The van der Waals surface area contributed by atoms with Gasteiger partial charge in [0.05, 0.1) is 0 Å². The summed E-state index contributed by atoms with van der Waals surface area (Å²) in [5.41, 5.74) is 0. The average Bonchev–Trinajstić information content (AvgIpc) is 1.72. The van der Waals surface area contributed by atoms with Crippen LogP contribution in [0.3, 0.4) is 0 Å². The topological polar surface area (TPSA) is 0 Å². The molecular formula is C4H10PSZn-. The molecule has 0 aliphatic heterocycles. The van der Waals surface area contributed by atoms with E-state index in [9.17, 15) is 0 Å². The van der Waals surface area contributed by atoms with Gasteiger partial charge < -0.3 is 6.92 Å². The first kappa shape index (κ1) is 15.7. The van der Waals surface area contributed by atoms with Crippen molar-refractivity contribution < 1.29 is 19.5 Å². The Morgan fingerprint density at radius 1 is 1.57 bits per heavy atom. The average molecular weight is 187 g/mol. The van der Waals surface area contributed by atoms with Crippen LogP contribution >= 0.6 is 8.02 Å². The second-order valence-corrected chi connectivity index (χ2v) is 0.854. The van der Waals surface area contributed by atoms with Gasteiger partial charge in [-0.15, -0.1) is 0 Å². The van der Waals surface area contributed by atoms with Gasteiger partial charge in [0.25, 0.3) is 0 Å². The molecule has 3 heteroatoms. The van der Waals surface area contributed by atoms with Crippen molar-refractivity contribution in [3.63, 3.8) is 0 Å². The molecule has 0 aromatic carbocycles. The molecule has 0 saturated carbocycles. The summed E-state index contributed by atoms with van der Waals surface area (Å²) in [6.45, 7) is 5.72. The molecule has 0 saturated heterocycles. The number of unbranched alkanes of at least 4 members (excludes halogenated alkanes) is 1. The minimum Gasteiger partial charge on any atom is -0.343 e. The molecule has 0 N–H and O–H groups in total. The van der Waals surface area contributed by atoms with Crippen LogP contribution in [0.2, 0.25) is 0 Å². The third-order valence-electron chi connectivity index (χ3n) is 0.354. The van der Waals surface area contributed by atoms with Gasteiger partial charge >= 0.3 is 0 Å². The maximum absolute atomic E-state index is 3.89. The maximum atomic E-state index is 3.89. The van der Waals surface area contributed by atoms with E-state index in [0.29, 0.717) is 0 Å². The zero-order valence-corrected chi connectivity index (χ0v) is 9.52. The molecule has 0 aliphatic carbocycles. The molecule has 0 heterocycles. The van der Waals surface area contributed by atoms with Gasteiger partial charge in [-0.3, -0.25) is 0 Å². The molecule has 0 rings (SSSR count). The first-order chi connectivity index (χ1) is 2.91. The fourth-order valence-corrected chi connectivity index (χ4v) is 0. The Morgan fingerprint density at radius 2 is 1.71 bits per heavy atom. The minimum absolute atomic E-state index is 0. The maximum Gasteiger partial charge on any atom is 0 e. The Kier molecular flexibility index (Phi) is 61.2. The Morgan fingerprint density at radius 3 is 1.71 bits per heavy atom. The quantitative estimate of drug-likeness (QED) is 0.344. The van der Waals surface area contributed by atoms with E-state index in [-0.39, 0.29) is 19.5 Å². The van der Waals surface area contributed by atoms with Crippen molar-refractivity contribution in [1.29, 1.82) is 0 Å². The monoisotopic (exact) mass is 185 g/mol. The summed E-state index contributed by atoms with van der Waals surface area (Å²) in [7, 11) is 2.56. The summed E-state index contributed by atoms with van der Waals surface area (Å²) in [6.07, 6.45) is 2.28. The number of rotatable bonds is 1. The van der Waals surface area contributed by atoms with E-state index in [2.05, 4.69) is 33.7 Å². The summed E-state index contributed by atoms with van der Waals surface area (Å²) in [6, 6.07) is 0. The van der Waals surface area contributed by atoms with Gasteiger partial charge in [0.1, 0.15) is 0 Å². The molecule has 0 atom stereocenters. The van der Waals surface area contributed by atoms with E-state index in [1.54, 1.807) is 0 Å². The van der Waals surface area contributed by atoms with Crippen LogP contribution in [0, 0.1) is 6.92 Å². The van der Waals surface area contributed by atoms with Crippen molar-refractivity contribution >= 4 is 19.8 Å². The van der Waals surface area contributed by atoms with E-state index in [1.807, 2.05) is 0 Å². The molecule has 0 aromatic rings. The van der Waals surface area contributed by atoms with Crippen molar-refractivity contribution in [2.75, 3.05) is 0 Å². The van der Waals surface area contributed by atoms with Crippen LogP contribution in [-0.4, -0.2) is 0 Å². The van der Waals surface area contributed by atoms with Crippen molar-refractivity contribution in [3.05, 3.63) is 6.92 Å². The van der Waals surface area contributed by atoms with E-state index >= 15 is 0 Å². The van der Waals surface area contributed by atoms with Crippen molar-refractivity contribution in [2.45, 2.75) is 19.8 Å². The summed E-state index contributed by atoms with van der Waals surface area (Å²) < 4.78 is 0. The van der Waals surface area contributed by atoms with Crippen LogP contribution in [0.5, 0.6) is 0 Å². The molecule has 0 fully saturated rings. The van der Waals surface area contributed by atoms with Crippen molar-refractivity contribution in [1.82, 2.24) is 0 Å². The fourth-order valence-electron chi connectivity index (χ4n) is 0. The molecule has 0 spiro atoms. The molecule has 40 valence electrons. The van der Waals surface area contributed by atoms with Crippen LogP contribution in [0.15, 0.2) is 0 Å². The van der Waals surface area contributed by atoms with Gasteiger partial charge in [-0.25, -0.2) is 0 Å². The predicted molar refractivity (Wildman–Crippen MR) is 35.9 cm³/mol. The van der Waals surface area contributed by atoms with Gasteiger partial charge in [0, 0.05) is 19.5 Å². The predicted octanol–water partition coefficient (Wildman–Crippen LogP) is 2.21. The summed E-state index contributed by atoms with van der Waals surface area (Å²) >= 11 is 3.89. The molecule has 0 aliphatic rings. The Balaban J connectivity index is -0.0000000480. The van der Waals surface area contributed by atoms with Crippen LogP contribution in [0.4, 0.5) is 0 Å². The van der Waals surface area contributed by atoms with Crippen molar-refractivity contribution in [3.8, 4) is 0 Å². The Hall–Kier alpha value is 1.14. The second-order valence-electron chi connectivity index (χ2n) is 0.854. The zero-order chi connectivity index (χ0) is 5.41. The smallest absolute Gasteiger partial charge is 0 e. The molecule has 0 aromatic heterocycles. The first-order valence-electron chi connectivity index (χ1n) is 1.91. The Bertz CT molecular complexity index is 19.2. The molecule has 0 amide bonds. The zero-order valence-electron chi connectivity index (χ0n) is 4.74. The molecule has 0 radical (unpaired) electrons. The van der Waals surface area contributed by atoms with Gasteiger partial charge in [0.2, 0.25) is 0 Å². The van der Waals surface area contributed by atoms with Crippen molar-refractivity contribution in [2.24, 2.45) is 0 Å². The summed E-state index contributed by atoms with van der Waals surface area (Å²) in [5, 5.41) is 0. The molecule has 0 bridgehead atoms. The van der Waals surface area contributed by atoms with Crippen LogP contribution in [0.25, 0.3) is 0 Å². The standard InChI is InChI=1S/C4H9.HPS.Zn/c1-3-4-2;1-2;/h1,3-4H2,2H3;1H;/q-1;;. The van der Waals surface area contributed by atoms with E-state index in [0.717, 1.165) is 6.42 Å². The molecule has 7 heavy (non-hydrogen) atoms. The normalized spacial score (nSPS) is 4.86. The largest absolute Gasteiger partial charge is 0.343 e. The fraction of sp³-hybridized carbons (Fsp3) is 0.750. The van der Waals surface area contributed by atoms with E-state index < -0.39 is 0 Å². The van der Waals surface area contributed by atoms with Gasteiger partial charge in [-0.1, -0.05) is 25.2 Å². The second kappa shape index (κ2) is 27.3. The third kappa shape index (κ3) is 41.1. The van der Waals surface area contributed by atoms with Gasteiger partial charge in [0.15, 0.2) is 0 Å². The Labute approximate surface area is 66.1 Å². The van der Waals surface area contributed by atoms with Gasteiger partial charge in [-0.2, -0.15) is 6.42 Å². The van der Waals surface area contributed by atoms with Crippen LogP contribution in [0.1, 0.15) is 19.8 Å². The van der Waals surface area contributed by atoms with Crippen LogP contribution < -0.4 is 0 Å². The van der Waals surface area contributed by atoms with Crippen LogP contribution in [-0.2, 0) is 31.3 Å². The minimum atomic E-state index is 0. The third-order valence-corrected chi connectivity index (χ3v) is 0.354. The SMILES string of the molecule is P=S.[CH2-]CCC.[Zn]. The number of hydrogen-bond donors (Lipinski definition) is 0. The molecular weight excluding hydrogens is 176 g/mol. The summed E-state index contributed by atoms with van der Waals surface area (Å²) in [5.74, 6) is 0. The molecule has 0 nitrogen and oxygen atoms in total. The van der Waals surface area contributed by atoms with E-state index in [4.69, 9.17) is 0 Å². The van der Waals surface area contributed by atoms with Gasteiger partial charge in [-0.05, 0) is 8.02 Å². The summed E-state index contributed by atoms with van der Waals surface area (Å²) in [4.78, 5) is 0. The van der Waals surface area contributed by atoms with E-state index in [1.165, 1.54) is 6.42 Å². The number of hydrogen-bond acceptors (Lipinski definition) is 1.